The maximum atomic E-state index is 8.76. The number of hydrogen-bond donors (Lipinski definition) is 0. The van der Waals surface area contributed by atoms with Gasteiger partial charge in [-0.2, -0.15) is 0 Å². The fourth-order valence-corrected chi connectivity index (χ4v) is 1.27. The van der Waals surface area contributed by atoms with Gasteiger partial charge in [0.2, 0.25) is 0 Å². The van der Waals surface area contributed by atoms with Crippen molar-refractivity contribution in [3.05, 3.63) is 62.9 Å². The van der Waals surface area contributed by atoms with Gasteiger partial charge in [-0.15, -0.1) is 0 Å². The third kappa shape index (κ3) is 2.15. The van der Waals surface area contributed by atoms with Crippen LogP contribution in [0.15, 0.2) is 18.2 Å². The summed E-state index contributed by atoms with van der Waals surface area (Å²) in [5, 5.41) is 18.0. The molecule has 0 fully saturated rings. The van der Waals surface area contributed by atoms with Gasteiger partial charge in [0.15, 0.2) is 5.69 Å². The number of nitrogens with zero attached hydrogens (tertiary/aromatic N) is 5. The normalized spacial score (nSPS) is 11.7. The van der Waals surface area contributed by atoms with Crippen molar-refractivity contribution in [3.8, 4) is 12.1 Å². The highest BCUT2D eigenvalue weighted by Crippen LogP contribution is 2.05. The first kappa shape index (κ1) is 12.5. The summed E-state index contributed by atoms with van der Waals surface area (Å²) in [4.78, 5) is 9.28. The lowest BCUT2D eigenvalue weighted by atomic mass is 10.1. The molecule has 0 unspecified atom stereocenters. The molecule has 1 rings (SSSR count). The maximum absolute atomic E-state index is 8.76. The van der Waals surface area contributed by atoms with Crippen molar-refractivity contribution in [2.24, 2.45) is 0 Å². The number of hydrogen-bond acceptors (Lipinski definition) is 2. The molecule has 0 aliphatic heterocycles. The molecule has 80 valence electrons. The van der Waals surface area contributed by atoms with Crippen LogP contribution in [-0.2, 0) is 0 Å². The quantitative estimate of drug-likeness (QED) is 0.630. The SMILES string of the molecule is [C-]#[N+]C(C#N)=c1ccc(=C(C#N)[N+]#[C-])c([N+]#[C-])c1. The van der Waals surface area contributed by atoms with Gasteiger partial charge < -0.3 is 0 Å². The summed E-state index contributed by atoms with van der Waals surface area (Å²) in [5.74, 6) is 0. The van der Waals surface area contributed by atoms with Crippen LogP contribution in [0.1, 0.15) is 0 Å². The molecule has 18 heavy (non-hydrogen) atoms. The Morgan fingerprint density at radius 2 is 1.61 bits per heavy atom. The molecule has 0 saturated heterocycles. The fourth-order valence-electron chi connectivity index (χ4n) is 1.27. The van der Waals surface area contributed by atoms with Gasteiger partial charge in [-0.1, -0.05) is 18.2 Å². The minimum absolute atomic E-state index is 0.0800. The van der Waals surface area contributed by atoms with E-state index < -0.39 is 0 Å². The van der Waals surface area contributed by atoms with Crippen molar-refractivity contribution >= 4 is 17.1 Å². The summed E-state index contributed by atoms with van der Waals surface area (Å²) in [6, 6.07) is 7.62. The largest absolute Gasteiger partial charge is 0.267 e. The summed E-state index contributed by atoms with van der Waals surface area (Å²) in [6.45, 7) is 20.7. The Balaban J connectivity index is 3.91. The first-order chi connectivity index (χ1) is 8.71. The zero-order valence-corrected chi connectivity index (χ0v) is 8.97. The van der Waals surface area contributed by atoms with Crippen LogP contribution in [0.2, 0.25) is 0 Å². The van der Waals surface area contributed by atoms with Gasteiger partial charge in [-0.3, -0.25) is 0 Å². The molecule has 0 heterocycles. The second-order valence-corrected chi connectivity index (χ2v) is 2.99. The van der Waals surface area contributed by atoms with Crippen LogP contribution in [-0.4, -0.2) is 0 Å². The highest BCUT2D eigenvalue weighted by atomic mass is 14.7. The monoisotopic (exact) mass is 229 g/mol. The minimum atomic E-state index is -0.186. The highest BCUT2D eigenvalue weighted by Gasteiger charge is 2.03. The lowest BCUT2D eigenvalue weighted by molar-refractivity contribution is 1.49. The molecule has 0 N–H and O–H groups in total. The molecular weight excluding hydrogens is 226 g/mol. The van der Waals surface area contributed by atoms with E-state index >= 15 is 0 Å². The maximum Gasteiger partial charge on any atom is 0.267 e. The number of nitriles is 2. The van der Waals surface area contributed by atoms with Crippen molar-refractivity contribution in [2.75, 3.05) is 0 Å². The van der Waals surface area contributed by atoms with Crippen molar-refractivity contribution < 1.29 is 0 Å². The van der Waals surface area contributed by atoms with E-state index in [0.29, 0.717) is 5.22 Å². The first-order valence-corrected chi connectivity index (χ1v) is 4.53. The van der Waals surface area contributed by atoms with Gasteiger partial charge >= 0.3 is 0 Å². The summed E-state index contributed by atoms with van der Waals surface area (Å²) < 4.78 is 0. The van der Waals surface area contributed by atoms with Crippen molar-refractivity contribution in [3.63, 3.8) is 0 Å². The smallest absolute Gasteiger partial charge is 0.239 e. The van der Waals surface area contributed by atoms with E-state index in [0.717, 1.165) is 0 Å². The number of rotatable bonds is 0. The zero-order chi connectivity index (χ0) is 13.5. The van der Waals surface area contributed by atoms with E-state index in [1.807, 2.05) is 0 Å². The van der Waals surface area contributed by atoms with Gasteiger partial charge in [0, 0.05) is 0 Å². The second kappa shape index (κ2) is 5.48. The van der Waals surface area contributed by atoms with Crippen LogP contribution in [0.5, 0.6) is 0 Å². The van der Waals surface area contributed by atoms with E-state index in [1.165, 1.54) is 18.2 Å². The number of benzene rings is 1. The van der Waals surface area contributed by atoms with Crippen molar-refractivity contribution in [1.29, 1.82) is 10.5 Å². The topological polar surface area (TPSA) is 60.7 Å². The van der Waals surface area contributed by atoms with Crippen molar-refractivity contribution in [2.45, 2.75) is 0 Å². The molecule has 0 atom stereocenters. The van der Waals surface area contributed by atoms with E-state index in [9.17, 15) is 0 Å². The molecule has 5 nitrogen and oxygen atoms in total. The van der Waals surface area contributed by atoms with Gasteiger partial charge in [0.1, 0.15) is 0 Å². The predicted octanol–water partition coefficient (Wildman–Crippen LogP) is 1.34. The average molecular weight is 229 g/mol. The van der Waals surface area contributed by atoms with Gasteiger partial charge in [-0.25, -0.2) is 25.1 Å². The molecule has 1 aromatic carbocycles. The van der Waals surface area contributed by atoms with Gasteiger partial charge in [-0.05, 0) is 10.4 Å². The first-order valence-electron chi connectivity index (χ1n) is 4.53. The Morgan fingerprint density at radius 1 is 1.00 bits per heavy atom. The highest BCUT2D eigenvalue weighted by molar-refractivity contribution is 5.72. The zero-order valence-electron chi connectivity index (χ0n) is 8.97. The Hall–Kier alpha value is -3.59. The molecule has 1 aromatic rings. The minimum Gasteiger partial charge on any atom is -0.239 e. The summed E-state index contributed by atoms with van der Waals surface area (Å²) in [7, 11) is 0. The second-order valence-electron chi connectivity index (χ2n) is 2.99. The lowest BCUT2D eigenvalue weighted by Crippen LogP contribution is -2.11. The Labute approximate surface area is 103 Å². The van der Waals surface area contributed by atoms with E-state index in [-0.39, 0.29) is 22.3 Å². The van der Waals surface area contributed by atoms with E-state index in [2.05, 4.69) is 14.5 Å². The predicted molar refractivity (Wildman–Crippen MR) is 63.2 cm³/mol. The Bertz CT molecular complexity index is 794. The molecule has 5 heteroatoms. The summed E-state index contributed by atoms with van der Waals surface area (Å²) >= 11 is 0. The summed E-state index contributed by atoms with van der Waals surface area (Å²) in [6.07, 6.45) is 0. The van der Waals surface area contributed by atoms with Crippen LogP contribution in [0.3, 0.4) is 0 Å². The Kier molecular flexibility index (Phi) is 3.80. The molecule has 0 saturated carbocycles. The van der Waals surface area contributed by atoms with E-state index in [1.54, 1.807) is 12.1 Å². The molecule has 0 aliphatic carbocycles. The van der Waals surface area contributed by atoms with Crippen LogP contribution >= 0.6 is 0 Å². The fraction of sp³-hybridized carbons (Fsp3) is 0. The molecule has 0 amide bonds. The van der Waals surface area contributed by atoms with Crippen LogP contribution in [0.25, 0.3) is 25.9 Å². The van der Waals surface area contributed by atoms with Gasteiger partial charge in [0.05, 0.1) is 31.9 Å². The average Bonchev–Trinajstić information content (AvgIpc) is 2.42. The standard InChI is InChI=1S/C13H3N5/c1-16-11-6-9(12(7-14)17-2)4-5-10(11)13(8-15)18-3/h4-6H. The molecule has 0 aromatic heterocycles. The molecule has 0 aliphatic rings. The lowest BCUT2D eigenvalue weighted by Gasteiger charge is -1.94. The Morgan fingerprint density at radius 3 is 2.06 bits per heavy atom. The molecule has 0 spiro atoms. The van der Waals surface area contributed by atoms with Gasteiger partial charge in [0.25, 0.3) is 11.4 Å². The van der Waals surface area contributed by atoms with Crippen LogP contribution < -0.4 is 10.4 Å². The molecular formula is C13H3N5. The van der Waals surface area contributed by atoms with E-state index in [4.69, 9.17) is 30.2 Å². The third-order valence-electron chi connectivity index (χ3n) is 2.08. The molecule has 0 radical (unpaired) electrons. The van der Waals surface area contributed by atoms with Crippen molar-refractivity contribution in [1.82, 2.24) is 0 Å². The van der Waals surface area contributed by atoms with Crippen LogP contribution in [0, 0.1) is 42.4 Å². The third-order valence-corrected chi connectivity index (χ3v) is 2.08. The summed E-state index contributed by atoms with van der Waals surface area (Å²) in [5.41, 5.74) is -0.238. The van der Waals surface area contributed by atoms with Crippen LogP contribution in [0.4, 0.5) is 5.69 Å². The molecule has 0 bridgehead atoms.